The van der Waals surface area contributed by atoms with E-state index >= 15 is 0 Å². The summed E-state index contributed by atoms with van der Waals surface area (Å²) in [4.78, 5) is 25.9. The van der Waals surface area contributed by atoms with Crippen LogP contribution in [0.2, 0.25) is 0 Å². The van der Waals surface area contributed by atoms with Gasteiger partial charge in [-0.15, -0.1) is 0 Å². The number of rotatable bonds is 3. The third-order valence-electron chi connectivity index (χ3n) is 6.68. The molecule has 0 aromatic heterocycles. The second-order valence-corrected chi connectivity index (χ2v) is 10.2. The molecule has 3 N–H and O–H groups in total. The Balaban J connectivity index is 0.000000144. The molecule has 0 fully saturated rings. The second-order valence-electron chi connectivity index (χ2n) is 10.2. The molecule has 0 radical (unpaired) electrons. The van der Waals surface area contributed by atoms with Gasteiger partial charge in [-0.05, 0) is 93.5 Å². The Morgan fingerprint density at radius 1 is 1.09 bits per heavy atom. The van der Waals surface area contributed by atoms with Crippen LogP contribution < -0.4 is 11.1 Å². The Kier molecular flexibility index (Phi) is 8.65. The van der Waals surface area contributed by atoms with Crippen molar-refractivity contribution in [3.05, 3.63) is 70.3 Å². The topological polar surface area (TPSA) is 84.5 Å². The van der Waals surface area contributed by atoms with E-state index in [1.807, 2.05) is 26.0 Å². The van der Waals surface area contributed by atoms with Gasteiger partial charge in [0.25, 0.3) is 0 Å². The molecule has 1 unspecified atom stereocenters. The molecule has 1 heterocycles. The smallest absolute Gasteiger partial charge is 0.229 e. The number of fused-ring (bicyclic) bond motifs is 2. The average molecular weight is 462 g/mol. The second kappa shape index (κ2) is 11.5. The number of benzene rings is 2. The molecule has 0 bridgehead atoms. The normalized spacial score (nSPS) is 19.4. The molecule has 1 aliphatic heterocycles. The number of carbonyl (C=O) groups excluding carboxylic acids is 2. The number of hydrogen-bond donors (Lipinski definition) is 2. The number of nitrogens with two attached hydrogens (primary N) is 1. The summed E-state index contributed by atoms with van der Waals surface area (Å²) in [7, 11) is 0. The molecule has 3 aliphatic rings. The molecule has 2 aromatic carbocycles. The van der Waals surface area contributed by atoms with Crippen LogP contribution in [0.15, 0.2) is 47.5 Å². The molecule has 0 saturated heterocycles. The van der Waals surface area contributed by atoms with E-state index in [-0.39, 0.29) is 23.2 Å². The number of hydrogen-bond acceptors (Lipinski definition) is 4. The minimum Gasteiger partial charge on any atom is -0.370 e. The lowest BCUT2D eigenvalue weighted by Crippen LogP contribution is -2.46. The molecule has 5 nitrogen and oxygen atoms in total. The predicted molar refractivity (Wildman–Crippen MR) is 139 cm³/mol. The van der Waals surface area contributed by atoms with Gasteiger partial charge in [-0.2, -0.15) is 0 Å². The van der Waals surface area contributed by atoms with E-state index in [4.69, 9.17) is 5.73 Å². The number of Topliss-reactive ketones (excluding diaryl/α,β-unsaturated/α-hetero) is 1. The summed E-state index contributed by atoms with van der Waals surface area (Å²) in [5.74, 6) is 1.20. The molecule has 0 spiro atoms. The number of aliphatic imine (C=N–C) groups is 1. The highest BCUT2D eigenvalue weighted by molar-refractivity contribution is 5.98. The van der Waals surface area contributed by atoms with Gasteiger partial charge in [0.15, 0.2) is 11.7 Å². The van der Waals surface area contributed by atoms with Crippen molar-refractivity contribution in [2.24, 2.45) is 10.7 Å². The minimum absolute atomic E-state index is 0.0579. The van der Waals surface area contributed by atoms with Crippen molar-refractivity contribution in [1.82, 2.24) is 5.32 Å². The monoisotopic (exact) mass is 461 g/mol. The Morgan fingerprint density at radius 2 is 1.82 bits per heavy atom. The van der Waals surface area contributed by atoms with Gasteiger partial charge < -0.3 is 5.73 Å². The van der Waals surface area contributed by atoms with Gasteiger partial charge in [-0.1, -0.05) is 49.7 Å². The van der Waals surface area contributed by atoms with Gasteiger partial charge in [-0.25, -0.2) is 4.99 Å². The van der Waals surface area contributed by atoms with Gasteiger partial charge in [-0.3, -0.25) is 14.9 Å². The first kappa shape index (κ1) is 25.7. The molecule has 2 aromatic rings. The number of amides is 1. The number of nitrogens with zero attached hydrogens (tertiary/aromatic N) is 1. The largest absolute Gasteiger partial charge is 0.370 e. The van der Waals surface area contributed by atoms with E-state index in [0.29, 0.717) is 6.42 Å². The highest BCUT2D eigenvalue weighted by Gasteiger charge is 2.26. The van der Waals surface area contributed by atoms with E-state index in [1.165, 1.54) is 49.7 Å². The number of carbonyl (C=O) groups is 2. The summed E-state index contributed by atoms with van der Waals surface area (Å²) in [6.45, 7) is 7.65. The number of guanidine groups is 1. The van der Waals surface area contributed by atoms with Gasteiger partial charge in [0.1, 0.15) is 0 Å². The van der Waals surface area contributed by atoms with Gasteiger partial charge in [0.2, 0.25) is 5.91 Å². The van der Waals surface area contributed by atoms with Crippen LogP contribution in [-0.2, 0) is 24.1 Å². The zero-order chi connectivity index (χ0) is 24.7. The Bertz CT molecular complexity index is 1050. The fourth-order valence-corrected chi connectivity index (χ4v) is 5.06. The molecule has 5 rings (SSSR count). The summed E-state index contributed by atoms with van der Waals surface area (Å²) in [6.07, 6.45) is 9.37. The fraction of sp³-hybridized carbons (Fsp3) is 0.483. The highest BCUT2D eigenvalue weighted by Crippen LogP contribution is 2.35. The predicted octanol–water partition coefficient (Wildman–Crippen LogP) is 5.49. The molecule has 2 aliphatic carbocycles. The van der Waals surface area contributed by atoms with Crippen molar-refractivity contribution in [2.75, 3.05) is 0 Å². The third-order valence-corrected chi connectivity index (χ3v) is 6.68. The standard InChI is InChI=1S/C12H16.C11H12O.C6H11N3O/c1-2-5-10-8-9-11-6-3-4-7-12(10)11;1-8(12)10-6-5-9-3-2-4-11(9)7-10;1-6(2)3-4(10)8-5(7)9-6/h3-4,6-7,10H,2,5,8-9H2,1H3;5-7H,2-4H2,1H3;3H2,1-2H3,(H3,7,8,9,10). The first-order valence-electron chi connectivity index (χ1n) is 12.5. The van der Waals surface area contributed by atoms with Crippen molar-refractivity contribution in [2.45, 2.75) is 90.5 Å². The van der Waals surface area contributed by atoms with Crippen LogP contribution in [0.3, 0.4) is 0 Å². The lowest BCUT2D eigenvalue weighted by Gasteiger charge is -2.24. The maximum absolute atomic E-state index is 11.0. The molecule has 5 heteroatoms. The van der Waals surface area contributed by atoms with E-state index in [1.54, 1.807) is 18.1 Å². The zero-order valence-electron chi connectivity index (χ0n) is 21.1. The zero-order valence-corrected chi connectivity index (χ0v) is 21.1. The average Bonchev–Trinajstić information content (AvgIpc) is 3.40. The van der Waals surface area contributed by atoms with Crippen LogP contribution in [0, 0.1) is 0 Å². The summed E-state index contributed by atoms with van der Waals surface area (Å²) in [5, 5.41) is 2.42. The maximum atomic E-state index is 11.0. The Labute approximate surface area is 204 Å². The molecule has 1 atom stereocenters. The molecule has 182 valence electrons. The van der Waals surface area contributed by atoms with Crippen molar-refractivity contribution >= 4 is 17.6 Å². The lowest BCUT2D eigenvalue weighted by atomic mass is 9.97. The van der Waals surface area contributed by atoms with Crippen LogP contribution in [0.4, 0.5) is 0 Å². The van der Waals surface area contributed by atoms with Gasteiger partial charge in [0.05, 0.1) is 12.0 Å². The fourth-order valence-electron chi connectivity index (χ4n) is 5.06. The van der Waals surface area contributed by atoms with Crippen LogP contribution in [-0.4, -0.2) is 23.2 Å². The van der Waals surface area contributed by atoms with E-state index in [2.05, 4.69) is 47.6 Å². The maximum Gasteiger partial charge on any atom is 0.229 e. The number of ketones is 1. The molecule has 0 saturated carbocycles. The van der Waals surface area contributed by atoms with Gasteiger partial charge in [0, 0.05) is 5.56 Å². The molecule has 1 amide bonds. The van der Waals surface area contributed by atoms with Crippen LogP contribution in [0.1, 0.15) is 98.3 Å². The van der Waals surface area contributed by atoms with Crippen LogP contribution >= 0.6 is 0 Å². The van der Waals surface area contributed by atoms with Crippen molar-refractivity contribution in [3.63, 3.8) is 0 Å². The quantitative estimate of drug-likeness (QED) is 0.593. The number of aryl methyl sites for hydroxylation is 3. The Morgan fingerprint density at radius 3 is 2.50 bits per heavy atom. The highest BCUT2D eigenvalue weighted by atomic mass is 16.2. The summed E-state index contributed by atoms with van der Waals surface area (Å²) in [5.41, 5.74) is 11.9. The van der Waals surface area contributed by atoms with Crippen LogP contribution in [0.5, 0.6) is 0 Å². The first-order chi connectivity index (χ1) is 16.2. The van der Waals surface area contributed by atoms with Crippen molar-refractivity contribution in [1.29, 1.82) is 0 Å². The lowest BCUT2D eigenvalue weighted by molar-refractivity contribution is -0.121. The van der Waals surface area contributed by atoms with Crippen molar-refractivity contribution < 1.29 is 9.59 Å². The van der Waals surface area contributed by atoms with Crippen LogP contribution in [0.25, 0.3) is 0 Å². The van der Waals surface area contributed by atoms with Crippen molar-refractivity contribution in [3.8, 4) is 0 Å². The van der Waals surface area contributed by atoms with E-state index in [9.17, 15) is 9.59 Å². The summed E-state index contributed by atoms with van der Waals surface area (Å²) in [6, 6.07) is 15.0. The minimum atomic E-state index is -0.327. The number of nitrogens with one attached hydrogen (secondary N) is 1. The van der Waals surface area contributed by atoms with E-state index in [0.717, 1.165) is 17.9 Å². The first-order valence-corrected chi connectivity index (χ1v) is 12.5. The Hall–Kier alpha value is -2.95. The SMILES string of the molecule is CC(=O)c1ccc2c(c1)CCC2.CC1(C)CC(=O)NC(N)=N1.CCCC1CCc2ccccc21. The molecule has 34 heavy (non-hydrogen) atoms. The molecular weight excluding hydrogens is 422 g/mol. The summed E-state index contributed by atoms with van der Waals surface area (Å²) >= 11 is 0. The van der Waals surface area contributed by atoms with E-state index < -0.39 is 0 Å². The molecular formula is C29H39N3O2. The third kappa shape index (κ3) is 7.02. The summed E-state index contributed by atoms with van der Waals surface area (Å²) < 4.78 is 0. The van der Waals surface area contributed by atoms with Gasteiger partial charge >= 0.3 is 0 Å².